The first-order valence-corrected chi connectivity index (χ1v) is 6.59. The normalized spacial score (nSPS) is 28.0. The van der Waals surface area contributed by atoms with E-state index in [0.717, 1.165) is 18.6 Å². The molecule has 5 heteroatoms. The van der Waals surface area contributed by atoms with E-state index in [4.69, 9.17) is 15.6 Å². The molecule has 0 spiro atoms. The number of carboxylic acids is 1. The second kappa shape index (κ2) is 5.38. The lowest BCUT2D eigenvalue weighted by Gasteiger charge is -2.29. The Morgan fingerprint density at radius 3 is 2.69 bits per heavy atom. The number of rotatable bonds is 5. The molecule has 2 unspecified atom stereocenters. The highest BCUT2D eigenvalue weighted by Crippen LogP contribution is 2.31. The number of thioether (sulfide) groups is 1. The van der Waals surface area contributed by atoms with Crippen LogP contribution in [0.2, 0.25) is 0 Å². The molecule has 3 N–H and O–H groups in total. The first-order valence-electron chi connectivity index (χ1n) is 5.60. The summed E-state index contributed by atoms with van der Waals surface area (Å²) in [7, 11) is 0. The third-order valence-corrected chi connectivity index (χ3v) is 4.51. The van der Waals surface area contributed by atoms with Crippen LogP contribution in [0.25, 0.3) is 0 Å². The molecule has 1 aliphatic rings. The Balaban J connectivity index is 2.38. The average Bonchev–Trinajstić information content (AvgIpc) is 2.60. The fourth-order valence-electron chi connectivity index (χ4n) is 1.70. The summed E-state index contributed by atoms with van der Waals surface area (Å²) in [5, 5.41) is 8.88. The van der Waals surface area contributed by atoms with Crippen molar-refractivity contribution in [3.05, 3.63) is 0 Å². The minimum Gasteiger partial charge on any atom is -0.480 e. The molecule has 1 rings (SSSR count). The summed E-state index contributed by atoms with van der Waals surface area (Å²) < 4.78 is 5.23. The molecule has 0 aromatic heterocycles. The summed E-state index contributed by atoms with van der Waals surface area (Å²) in [6.45, 7) is 5.81. The largest absolute Gasteiger partial charge is 0.480 e. The Bertz CT molecular complexity index is 258. The third kappa shape index (κ3) is 3.64. The van der Waals surface area contributed by atoms with E-state index in [-0.39, 0.29) is 6.10 Å². The van der Waals surface area contributed by atoms with Crippen molar-refractivity contribution in [2.24, 2.45) is 5.73 Å². The number of hydrogen-bond donors (Lipinski definition) is 2. The van der Waals surface area contributed by atoms with Gasteiger partial charge >= 0.3 is 5.97 Å². The minimum atomic E-state index is -0.946. The van der Waals surface area contributed by atoms with Gasteiger partial charge in [0.05, 0.1) is 12.2 Å². The van der Waals surface area contributed by atoms with Crippen LogP contribution in [0.1, 0.15) is 33.6 Å². The van der Waals surface area contributed by atoms with Crippen molar-refractivity contribution >= 4 is 17.7 Å². The Morgan fingerprint density at radius 2 is 2.25 bits per heavy atom. The SMILES string of the molecule is CC1CCC(CSC(C)(C)[C@@H](N)C(=O)O)O1. The van der Waals surface area contributed by atoms with E-state index < -0.39 is 16.8 Å². The maximum absolute atomic E-state index is 10.8. The lowest BCUT2D eigenvalue weighted by atomic mass is 10.1. The van der Waals surface area contributed by atoms with Gasteiger partial charge in [0, 0.05) is 10.5 Å². The third-order valence-electron chi connectivity index (χ3n) is 2.98. The number of ether oxygens (including phenoxy) is 1. The summed E-state index contributed by atoms with van der Waals surface area (Å²) in [6, 6.07) is -0.837. The van der Waals surface area contributed by atoms with Crippen molar-refractivity contribution in [3.8, 4) is 0 Å². The Hall–Kier alpha value is -0.260. The Morgan fingerprint density at radius 1 is 1.62 bits per heavy atom. The highest BCUT2D eigenvalue weighted by molar-refractivity contribution is 8.00. The molecule has 16 heavy (non-hydrogen) atoms. The van der Waals surface area contributed by atoms with Crippen molar-refractivity contribution in [2.45, 2.75) is 56.6 Å². The summed E-state index contributed by atoms with van der Waals surface area (Å²) in [5.74, 6) is -0.128. The molecule has 0 aromatic rings. The minimum absolute atomic E-state index is 0.250. The molecule has 0 radical (unpaired) electrons. The van der Waals surface area contributed by atoms with Crippen LogP contribution in [0.5, 0.6) is 0 Å². The predicted octanol–water partition coefficient (Wildman–Crippen LogP) is 1.48. The van der Waals surface area contributed by atoms with E-state index in [9.17, 15) is 4.79 Å². The van der Waals surface area contributed by atoms with Crippen molar-refractivity contribution in [2.75, 3.05) is 5.75 Å². The summed E-state index contributed by atoms with van der Waals surface area (Å²) >= 11 is 1.58. The Labute approximate surface area is 101 Å². The van der Waals surface area contributed by atoms with Crippen LogP contribution in [0.4, 0.5) is 0 Å². The van der Waals surface area contributed by atoms with Gasteiger partial charge in [-0.2, -0.15) is 11.8 Å². The lowest BCUT2D eigenvalue weighted by molar-refractivity contribution is -0.139. The Kier molecular flexibility index (Phi) is 4.64. The number of nitrogens with two attached hydrogens (primary N) is 1. The van der Waals surface area contributed by atoms with E-state index in [1.165, 1.54) is 0 Å². The molecule has 1 fully saturated rings. The molecule has 94 valence electrons. The zero-order valence-corrected chi connectivity index (χ0v) is 10.9. The fourth-order valence-corrected chi connectivity index (χ4v) is 2.84. The highest BCUT2D eigenvalue weighted by Gasteiger charge is 2.34. The van der Waals surface area contributed by atoms with E-state index >= 15 is 0 Å². The summed E-state index contributed by atoms with van der Waals surface area (Å²) in [6.07, 6.45) is 2.74. The van der Waals surface area contributed by atoms with Gasteiger partial charge in [0.2, 0.25) is 0 Å². The first kappa shape index (κ1) is 13.8. The first-order chi connectivity index (χ1) is 7.33. The summed E-state index contributed by atoms with van der Waals surface area (Å²) in [4.78, 5) is 10.8. The molecule has 1 heterocycles. The number of hydrogen-bond acceptors (Lipinski definition) is 4. The number of aliphatic carboxylic acids is 1. The van der Waals surface area contributed by atoms with Crippen molar-refractivity contribution < 1.29 is 14.6 Å². The smallest absolute Gasteiger partial charge is 0.321 e. The van der Waals surface area contributed by atoms with Gasteiger partial charge in [-0.15, -0.1) is 0 Å². The molecule has 0 bridgehead atoms. The van der Waals surface area contributed by atoms with Crippen molar-refractivity contribution in [1.29, 1.82) is 0 Å². The molecular formula is C11H21NO3S. The second-order valence-corrected chi connectivity index (χ2v) is 6.55. The van der Waals surface area contributed by atoms with Gasteiger partial charge < -0.3 is 15.6 Å². The molecule has 3 atom stereocenters. The maximum atomic E-state index is 10.8. The number of carboxylic acid groups (broad SMARTS) is 1. The van der Waals surface area contributed by atoms with Gasteiger partial charge in [0.1, 0.15) is 6.04 Å². The van der Waals surface area contributed by atoms with Crippen LogP contribution in [0, 0.1) is 0 Å². The van der Waals surface area contributed by atoms with Gasteiger partial charge in [-0.25, -0.2) is 0 Å². The second-order valence-electron chi connectivity index (χ2n) is 4.88. The topological polar surface area (TPSA) is 72.6 Å². The average molecular weight is 247 g/mol. The highest BCUT2D eigenvalue weighted by atomic mass is 32.2. The van der Waals surface area contributed by atoms with E-state index in [2.05, 4.69) is 6.92 Å². The fraction of sp³-hybridized carbons (Fsp3) is 0.909. The molecule has 0 amide bonds. The molecule has 4 nitrogen and oxygen atoms in total. The van der Waals surface area contributed by atoms with Gasteiger partial charge in [-0.3, -0.25) is 4.79 Å². The zero-order chi connectivity index (χ0) is 12.3. The molecule has 1 aliphatic heterocycles. The van der Waals surface area contributed by atoms with Gasteiger partial charge in [-0.1, -0.05) is 0 Å². The number of carbonyl (C=O) groups is 1. The van der Waals surface area contributed by atoms with Crippen LogP contribution in [-0.4, -0.2) is 39.8 Å². The van der Waals surface area contributed by atoms with Crippen LogP contribution < -0.4 is 5.73 Å². The van der Waals surface area contributed by atoms with Crippen LogP contribution >= 0.6 is 11.8 Å². The molecular weight excluding hydrogens is 226 g/mol. The van der Waals surface area contributed by atoms with Crippen LogP contribution in [-0.2, 0) is 9.53 Å². The maximum Gasteiger partial charge on any atom is 0.321 e. The van der Waals surface area contributed by atoms with Gasteiger partial charge in [0.15, 0.2) is 0 Å². The summed E-state index contributed by atoms with van der Waals surface area (Å²) in [5.41, 5.74) is 5.65. The van der Waals surface area contributed by atoms with E-state index in [1.54, 1.807) is 11.8 Å². The monoisotopic (exact) mass is 247 g/mol. The standard InChI is InChI=1S/C11H21NO3S/c1-7-4-5-8(15-7)6-16-11(2,3)9(12)10(13)14/h7-9H,4-6,12H2,1-3H3,(H,13,14)/t7?,8?,9-/m0/s1. The van der Waals surface area contributed by atoms with Crippen LogP contribution in [0.15, 0.2) is 0 Å². The van der Waals surface area contributed by atoms with Crippen molar-refractivity contribution in [3.63, 3.8) is 0 Å². The molecule has 0 aliphatic carbocycles. The van der Waals surface area contributed by atoms with Gasteiger partial charge in [0.25, 0.3) is 0 Å². The predicted molar refractivity (Wildman–Crippen MR) is 65.7 cm³/mol. The van der Waals surface area contributed by atoms with Crippen LogP contribution in [0.3, 0.4) is 0 Å². The molecule has 1 saturated heterocycles. The quantitative estimate of drug-likeness (QED) is 0.770. The van der Waals surface area contributed by atoms with Crippen molar-refractivity contribution in [1.82, 2.24) is 0 Å². The molecule has 0 saturated carbocycles. The van der Waals surface area contributed by atoms with E-state index in [1.807, 2.05) is 13.8 Å². The van der Waals surface area contributed by atoms with E-state index in [0.29, 0.717) is 6.10 Å². The lowest BCUT2D eigenvalue weighted by Crippen LogP contribution is -2.47. The molecule has 0 aromatic carbocycles. The van der Waals surface area contributed by atoms with Gasteiger partial charge in [-0.05, 0) is 33.6 Å². The zero-order valence-electron chi connectivity index (χ0n) is 10.1.